The summed E-state index contributed by atoms with van der Waals surface area (Å²) in [6.45, 7) is 5.06. The Labute approximate surface area is 250 Å². The highest BCUT2D eigenvalue weighted by Crippen LogP contribution is 2.27. The smallest absolute Gasteiger partial charge is 0.321 e. The van der Waals surface area contributed by atoms with Gasteiger partial charge in [-0.1, -0.05) is 42.5 Å². The number of fused-ring (bicyclic) bond motifs is 1. The fourth-order valence-electron chi connectivity index (χ4n) is 5.14. The zero-order chi connectivity index (χ0) is 30.2. The Balaban J connectivity index is 1.47. The number of rotatable bonds is 8. The number of para-hydroxylation sites is 2. The molecule has 0 saturated carbocycles. The number of ether oxygens (including phenoxy) is 1. The standard InChI is InChI=1S/C32H33N7O4/c1-2-38(25-11-4-3-5-12-25)29(40)22-39-28-14-7-6-13-26(28)27(21-37-15-17-43-18-16-37)35-30(31(39)41)36-32(42)34-24-10-8-9-23(19-24)20-33/h3-14,19,30H,2,15-18,21-22H2,1H3,(H2,34,36,42). The molecule has 0 radical (unpaired) electrons. The molecule has 1 saturated heterocycles. The van der Waals surface area contributed by atoms with Gasteiger partial charge in [-0.25, -0.2) is 4.79 Å². The Hall–Kier alpha value is -5.05. The van der Waals surface area contributed by atoms with E-state index < -0.39 is 18.1 Å². The predicted molar refractivity (Wildman–Crippen MR) is 164 cm³/mol. The van der Waals surface area contributed by atoms with Crippen LogP contribution in [-0.2, 0) is 14.3 Å². The zero-order valence-corrected chi connectivity index (χ0v) is 23.9. The maximum atomic E-state index is 14.1. The van der Waals surface area contributed by atoms with Crippen molar-refractivity contribution in [1.82, 2.24) is 10.2 Å². The number of urea groups is 1. The van der Waals surface area contributed by atoms with E-state index in [2.05, 4.69) is 15.5 Å². The number of nitriles is 1. The quantitative estimate of drug-likeness (QED) is 0.422. The van der Waals surface area contributed by atoms with Crippen LogP contribution in [0.1, 0.15) is 18.1 Å². The predicted octanol–water partition coefficient (Wildman–Crippen LogP) is 3.23. The SMILES string of the molecule is CCN(C(=O)CN1C(=O)C(NC(=O)Nc2cccc(C#N)c2)N=C(CN2CCOCC2)c2ccccc21)c1ccccc1. The maximum Gasteiger partial charge on any atom is 0.321 e. The number of likely N-dealkylation sites (N-methyl/N-ethyl adjacent to an activating group) is 1. The molecule has 0 aromatic heterocycles. The first-order chi connectivity index (χ1) is 21.0. The summed E-state index contributed by atoms with van der Waals surface area (Å²) in [5.41, 5.74) is 3.38. The number of aliphatic imine (C=N–C) groups is 1. The van der Waals surface area contributed by atoms with E-state index in [0.29, 0.717) is 67.6 Å². The Bertz CT molecular complexity index is 1550. The van der Waals surface area contributed by atoms with E-state index >= 15 is 0 Å². The first kappa shape index (κ1) is 29.4. The van der Waals surface area contributed by atoms with Crippen molar-refractivity contribution in [3.8, 4) is 6.07 Å². The largest absolute Gasteiger partial charge is 0.379 e. The molecule has 2 aliphatic rings. The number of morpholine rings is 1. The molecule has 11 nitrogen and oxygen atoms in total. The van der Waals surface area contributed by atoms with Gasteiger partial charge in [0, 0.05) is 43.1 Å². The fraction of sp³-hybridized carbons (Fsp3) is 0.281. The summed E-state index contributed by atoms with van der Waals surface area (Å²) in [5, 5.41) is 14.6. The van der Waals surface area contributed by atoms with E-state index in [1.165, 1.54) is 11.0 Å². The summed E-state index contributed by atoms with van der Waals surface area (Å²) in [6, 6.07) is 24.5. The molecule has 2 N–H and O–H groups in total. The average Bonchev–Trinajstić information content (AvgIpc) is 3.13. The lowest BCUT2D eigenvalue weighted by molar-refractivity contribution is -0.123. The number of carbonyl (C=O) groups is 3. The topological polar surface area (TPSA) is 130 Å². The van der Waals surface area contributed by atoms with Gasteiger partial charge in [0.2, 0.25) is 12.1 Å². The molecule has 1 unspecified atom stereocenters. The fourth-order valence-corrected chi connectivity index (χ4v) is 5.14. The van der Waals surface area contributed by atoms with Crippen LogP contribution in [0.15, 0.2) is 83.9 Å². The number of benzene rings is 3. The Morgan fingerprint density at radius 3 is 2.53 bits per heavy atom. The van der Waals surface area contributed by atoms with E-state index in [9.17, 15) is 19.6 Å². The monoisotopic (exact) mass is 579 g/mol. The highest BCUT2D eigenvalue weighted by atomic mass is 16.5. The summed E-state index contributed by atoms with van der Waals surface area (Å²) >= 11 is 0. The van der Waals surface area contributed by atoms with Crippen LogP contribution in [0.3, 0.4) is 0 Å². The van der Waals surface area contributed by atoms with E-state index in [1.807, 2.05) is 61.5 Å². The van der Waals surface area contributed by atoms with Crippen molar-refractivity contribution in [1.29, 1.82) is 5.26 Å². The maximum absolute atomic E-state index is 14.1. The van der Waals surface area contributed by atoms with Gasteiger partial charge in [0.25, 0.3) is 5.91 Å². The van der Waals surface area contributed by atoms with Crippen LogP contribution in [0.5, 0.6) is 0 Å². The Morgan fingerprint density at radius 1 is 1.05 bits per heavy atom. The van der Waals surface area contributed by atoms with Gasteiger partial charge in [-0.3, -0.25) is 24.4 Å². The molecule has 3 aromatic rings. The molecular formula is C32H33N7O4. The lowest BCUT2D eigenvalue weighted by Gasteiger charge is -2.29. The van der Waals surface area contributed by atoms with Crippen LogP contribution < -0.4 is 20.4 Å². The molecule has 3 aromatic carbocycles. The van der Waals surface area contributed by atoms with E-state index in [-0.39, 0.29) is 12.5 Å². The molecule has 1 atom stereocenters. The second-order valence-electron chi connectivity index (χ2n) is 10.1. The number of nitrogens with one attached hydrogen (secondary N) is 2. The van der Waals surface area contributed by atoms with Crippen molar-refractivity contribution >= 4 is 40.6 Å². The van der Waals surface area contributed by atoms with Crippen LogP contribution in [0.4, 0.5) is 21.9 Å². The summed E-state index contributed by atoms with van der Waals surface area (Å²) in [4.78, 5) is 50.9. The highest BCUT2D eigenvalue weighted by molar-refractivity contribution is 6.16. The second kappa shape index (κ2) is 13.7. The van der Waals surface area contributed by atoms with Crippen molar-refractivity contribution in [2.24, 2.45) is 4.99 Å². The van der Waals surface area contributed by atoms with Crippen molar-refractivity contribution in [2.45, 2.75) is 13.1 Å². The van der Waals surface area contributed by atoms with Crippen LogP contribution >= 0.6 is 0 Å². The lowest BCUT2D eigenvalue weighted by atomic mass is 10.1. The third kappa shape index (κ3) is 7.06. The minimum absolute atomic E-state index is 0.247. The first-order valence-electron chi connectivity index (χ1n) is 14.2. The summed E-state index contributed by atoms with van der Waals surface area (Å²) in [6.07, 6.45) is -1.30. The van der Waals surface area contributed by atoms with Crippen molar-refractivity contribution in [3.63, 3.8) is 0 Å². The van der Waals surface area contributed by atoms with Crippen molar-refractivity contribution < 1.29 is 19.1 Å². The van der Waals surface area contributed by atoms with Gasteiger partial charge >= 0.3 is 6.03 Å². The number of anilines is 3. The molecule has 0 spiro atoms. The van der Waals surface area contributed by atoms with Gasteiger partial charge in [0.05, 0.1) is 36.2 Å². The molecule has 2 aliphatic heterocycles. The van der Waals surface area contributed by atoms with Gasteiger partial charge < -0.3 is 20.3 Å². The number of amides is 4. The number of nitrogens with zero attached hydrogens (tertiary/aromatic N) is 5. The third-order valence-electron chi connectivity index (χ3n) is 7.26. The van der Waals surface area contributed by atoms with Gasteiger partial charge in [0.1, 0.15) is 6.54 Å². The van der Waals surface area contributed by atoms with Crippen LogP contribution in [0, 0.1) is 11.3 Å². The minimum Gasteiger partial charge on any atom is -0.379 e. The molecule has 0 aliphatic carbocycles. The molecule has 220 valence electrons. The summed E-state index contributed by atoms with van der Waals surface area (Å²) < 4.78 is 5.51. The van der Waals surface area contributed by atoms with E-state index in [0.717, 1.165) is 5.69 Å². The van der Waals surface area contributed by atoms with Crippen LogP contribution in [-0.4, -0.2) is 80.6 Å². The zero-order valence-electron chi connectivity index (χ0n) is 23.9. The number of carbonyl (C=O) groups excluding carboxylic acids is 3. The number of hydrogen-bond donors (Lipinski definition) is 2. The van der Waals surface area contributed by atoms with Gasteiger partial charge in [-0.2, -0.15) is 5.26 Å². The molecule has 1 fully saturated rings. The van der Waals surface area contributed by atoms with Crippen molar-refractivity contribution in [2.75, 3.05) is 61.1 Å². The van der Waals surface area contributed by atoms with Crippen molar-refractivity contribution in [3.05, 3.63) is 90.0 Å². The molecule has 2 heterocycles. The molecule has 11 heteroatoms. The Kier molecular flexibility index (Phi) is 9.41. The van der Waals surface area contributed by atoms with E-state index in [4.69, 9.17) is 9.73 Å². The first-order valence-corrected chi connectivity index (χ1v) is 14.2. The molecule has 0 bridgehead atoms. The van der Waals surface area contributed by atoms with E-state index in [1.54, 1.807) is 29.2 Å². The number of hydrogen-bond acceptors (Lipinski definition) is 7. The number of benzodiazepines with no additional fused rings is 1. The highest BCUT2D eigenvalue weighted by Gasteiger charge is 2.35. The van der Waals surface area contributed by atoms with Crippen LogP contribution in [0.2, 0.25) is 0 Å². The average molecular weight is 580 g/mol. The summed E-state index contributed by atoms with van der Waals surface area (Å²) in [7, 11) is 0. The molecule has 5 rings (SSSR count). The van der Waals surface area contributed by atoms with Gasteiger partial charge in [0.15, 0.2) is 0 Å². The Morgan fingerprint density at radius 2 is 1.79 bits per heavy atom. The lowest BCUT2D eigenvalue weighted by Crippen LogP contribution is -2.51. The third-order valence-corrected chi connectivity index (χ3v) is 7.26. The van der Waals surface area contributed by atoms with Crippen LogP contribution in [0.25, 0.3) is 0 Å². The molecule has 43 heavy (non-hydrogen) atoms. The van der Waals surface area contributed by atoms with Gasteiger partial charge in [-0.05, 0) is 43.3 Å². The molecule has 4 amide bonds. The van der Waals surface area contributed by atoms with Gasteiger partial charge in [-0.15, -0.1) is 0 Å². The molecular weight excluding hydrogens is 546 g/mol. The normalized spacial score (nSPS) is 16.7. The minimum atomic E-state index is -1.30. The second-order valence-corrected chi connectivity index (χ2v) is 10.1. The summed E-state index contributed by atoms with van der Waals surface area (Å²) in [5.74, 6) is -0.812.